The molecule has 1 fully saturated rings. The molecule has 1 aliphatic rings. The third kappa shape index (κ3) is 2.35. The van der Waals surface area contributed by atoms with Gasteiger partial charge in [0.05, 0.1) is 19.1 Å². The van der Waals surface area contributed by atoms with Gasteiger partial charge in [0.25, 0.3) is 0 Å². The van der Waals surface area contributed by atoms with Crippen molar-refractivity contribution in [3.63, 3.8) is 0 Å². The van der Waals surface area contributed by atoms with Crippen LogP contribution in [0.3, 0.4) is 0 Å². The highest BCUT2D eigenvalue weighted by Gasteiger charge is 2.38. The zero-order valence-corrected chi connectivity index (χ0v) is 8.86. The highest BCUT2D eigenvalue weighted by molar-refractivity contribution is 5.73. The topological polar surface area (TPSA) is 35.5 Å². The first-order valence-corrected chi connectivity index (χ1v) is 5.04. The molecule has 0 unspecified atom stereocenters. The summed E-state index contributed by atoms with van der Waals surface area (Å²) in [6.45, 7) is 6.40. The predicted octanol–water partition coefficient (Wildman–Crippen LogP) is 1.78. The molecule has 80 valence electrons. The van der Waals surface area contributed by atoms with Gasteiger partial charge in [-0.2, -0.15) is 0 Å². The first-order chi connectivity index (χ1) is 6.72. The van der Waals surface area contributed by atoms with Crippen molar-refractivity contribution < 1.29 is 14.3 Å². The molecule has 0 saturated heterocycles. The van der Waals surface area contributed by atoms with Crippen LogP contribution in [0, 0.1) is 11.8 Å². The summed E-state index contributed by atoms with van der Waals surface area (Å²) < 4.78 is 10.3. The quantitative estimate of drug-likeness (QED) is 0.510. The van der Waals surface area contributed by atoms with Gasteiger partial charge in [0.15, 0.2) is 0 Å². The van der Waals surface area contributed by atoms with E-state index in [1.807, 2.05) is 13.0 Å². The zero-order chi connectivity index (χ0) is 10.6. The summed E-state index contributed by atoms with van der Waals surface area (Å²) in [7, 11) is 1.43. The molecule has 0 aromatic heterocycles. The number of hydrogen-bond acceptors (Lipinski definition) is 3. The van der Waals surface area contributed by atoms with Crippen LogP contribution in [0.5, 0.6) is 0 Å². The number of carbonyl (C=O) groups excluding carboxylic acids is 1. The fourth-order valence-corrected chi connectivity index (χ4v) is 2.08. The normalized spacial score (nSPS) is 31.4. The van der Waals surface area contributed by atoms with Gasteiger partial charge in [0, 0.05) is 6.61 Å². The van der Waals surface area contributed by atoms with E-state index in [-0.39, 0.29) is 23.9 Å². The summed E-state index contributed by atoms with van der Waals surface area (Å²) >= 11 is 0. The van der Waals surface area contributed by atoms with E-state index in [1.165, 1.54) is 7.11 Å². The minimum atomic E-state index is -0.142. The third-order valence-electron chi connectivity index (χ3n) is 2.78. The van der Waals surface area contributed by atoms with Crippen LogP contribution in [-0.4, -0.2) is 25.8 Å². The Morgan fingerprint density at radius 1 is 1.57 bits per heavy atom. The molecule has 0 spiro atoms. The largest absolute Gasteiger partial charge is 0.469 e. The van der Waals surface area contributed by atoms with E-state index in [0.29, 0.717) is 6.61 Å². The molecule has 1 saturated carbocycles. The SMILES string of the molecule is C=C[C@H]1C[C@H](OCC)C[C@@H]1C(=O)OC. The summed E-state index contributed by atoms with van der Waals surface area (Å²) in [5.41, 5.74) is 0. The maximum atomic E-state index is 11.4. The standard InChI is InChI=1S/C11H18O3/c1-4-8-6-9(14-5-2)7-10(8)11(12)13-3/h4,8-10H,1,5-7H2,2-3H3/t8-,9-,10-/m0/s1. The summed E-state index contributed by atoms with van der Waals surface area (Å²) in [5.74, 6) is 0.00477. The molecular weight excluding hydrogens is 180 g/mol. The van der Waals surface area contributed by atoms with Crippen LogP contribution < -0.4 is 0 Å². The van der Waals surface area contributed by atoms with E-state index in [4.69, 9.17) is 9.47 Å². The molecule has 0 N–H and O–H groups in total. The van der Waals surface area contributed by atoms with Crippen molar-refractivity contribution in [3.05, 3.63) is 12.7 Å². The molecule has 0 heterocycles. The van der Waals surface area contributed by atoms with Crippen LogP contribution in [0.1, 0.15) is 19.8 Å². The number of ether oxygens (including phenoxy) is 2. The average molecular weight is 198 g/mol. The predicted molar refractivity (Wildman–Crippen MR) is 53.8 cm³/mol. The average Bonchev–Trinajstić information content (AvgIpc) is 2.60. The Labute approximate surface area is 85.1 Å². The number of methoxy groups -OCH3 is 1. The van der Waals surface area contributed by atoms with Gasteiger partial charge in [-0.3, -0.25) is 4.79 Å². The lowest BCUT2D eigenvalue weighted by atomic mass is 9.97. The molecule has 0 aromatic carbocycles. The summed E-state index contributed by atoms with van der Waals surface area (Å²) in [6, 6.07) is 0. The van der Waals surface area contributed by atoms with Crippen molar-refractivity contribution in [2.24, 2.45) is 11.8 Å². The number of esters is 1. The maximum Gasteiger partial charge on any atom is 0.309 e. The Kier molecular flexibility index (Phi) is 4.14. The molecular formula is C11H18O3. The molecule has 0 radical (unpaired) electrons. The van der Waals surface area contributed by atoms with Crippen molar-refractivity contribution in [2.75, 3.05) is 13.7 Å². The maximum absolute atomic E-state index is 11.4. The van der Waals surface area contributed by atoms with E-state index in [2.05, 4.69) is 6.58 Å². The number of rotatable bonds is 4. The van der Waals surface area contributed by atoms with Gasteiger partial charge in [0.2, 0.25) is 0 Å². The van der Waals surface area contributed by atoms with E-state index < -0.39 is 0 Å². The van der Waals surface area contributed by atoms with Gasteiger partial charge in [-0.25, -0.2) is 0 Å². The van der Waals surface area contributed by atoms with E-state index in [9.17, 15) is 4.79 Å². The second-order valence-electron chi connectivity index (χ2n) is 3.58. The fraction of sp³-hybridized carbons (Fsp3) is 0.727. The molecule has 0 amide bonds. The first kappa shape index (κ1) is 11.2. The van der Waals surface area contributed by atoms with Crippen molar-refractivity contribution in [1.82, 2.24) is 0 Å². The molecule has 3 nitrogen and oxygen atoms in total. The summed E-state index contributed by atoms with van der Waals surface area (Å²) in [4.78, 5) is 11.4. The van der Waals surface area contributed by atoms with Crippen LogP contribution in [0.2, 0.25) is 0 Å². The minimum absolute atomic E-state index is 0.0611. The zero-order valence-electron chi connectivity index (χ0n) is 8.86. The molecule has 3 atom stereocenters. The molecule has 0 aliphatic heterocycles. The Hall–Kier alpha value is -0.830. The molecule has 1 rings (SSSR count). The van der Waals surface area contributed by atoms with E-state index in [1.54, 1.807) is 0 Å². The summed E-state index contributed by atoms with van der Waals surface area (Å²) in [5, 5.41) is 0. The smallest absolute Gasteiger partial charge is 0.309 e. The van der Waals surface area contributed by atoms with Crippen molar-refractivity contribution in [3.8, 4) is 0 Å². The lowest BCUT2D eigenvalue weighted by Gasteiger charge is -2.11. The number of allylic oxidation sites excluding steroid dienone is 1. The van der Waals surface area contributed by atoms with Crippen LogP contribution in [0.4, 0.5) is 0 Å². The van der Waals surface area contributed by atoms with E-state index >= 15 is 0 Å². The Bertz CT molecular complexity index is 213. The van der Waals surface area contributed by atoms with Crippen LogP contribution >= 0.6 is 0 Å². The molecule has 0 aromatic rings. The van der Waals surface area contributed by atoms with E-state index in [0.717, 1.165) is 12.8 Å². The number of hydrogen-bond donors (Lipinski definition) is 0. The summed E-state index contributed by atoms with van der Waals surface area (Å²) in [6.07, 6.45) is 3.67. The van der Waals surface area contributed by atoms with Crippen LogP contribution in [0.15, 0.2) is 12.7 Å². The van der Waals surface area contributed by atoms with Crippen LogP contribution in [-0.2, 0) is 14.3 Å². The molecule has 1 aliphatic carbocycles. The van der Waals surface area contributed by atoms with Crippen molar-refractivity contribution in [1.29, 1.82) is 0 Å². The molecule has 14 heavy (non-hydrogen) atoms. The molecule has 0 bridgehead atoms. The first-order valence-electron chi connectivity index (χ1n) is 5.04. The minimum Gasteiger partial charge on any atom is -0.469 e. The lowest BCUT2D eigenvalue weighted by Crippen LogP contribution is -2.19. The van der Waals surface area contributed by atoms with Gasteiger partial charge in [-0.05, 0) is 25.7 Å². The van der Waals surface area contributed by atoms with Crippen LogP contribution in [0.25, 0.3) is 0 Å². The Morgan fingerprint density at radius 2 is 2.29 bits per heavy atom. The fourth-order valence-electron chi connectivity index (χ4n) is 2.08. The van der Waals surface area contributed by atoms with Gasteiger partial charge in [0.1, 0.15) is 0 Å². The Balaban J connectivity index is 2.57. The monoisotopic (exact) mass is 198 g/mol. The second-order valence-corrected chi connectivity index (χ2v) is 3.58. The molecule has 3 heteroatoms. The number of carbonyl (C=O) groups is 1. The van der Waals surface area contributed by atoms with Gasteiger partial charge in [-0.1, -0.05) is 6.08 Å². The highest BCUT2D eigenvalue weighted by Crippen LogP contribution is 2.35. The highest BCUT2D eigenvalue weighted by atomic mass is 16.5. The van der Waals surface area contributed by atoms with Crippen molar-refractivity contribution >= 4 is 5.97 Å². The Morgan fingerprint density at radius 3 is 2.79 bits per heavy atom. The van der Waals surface area contributed by atoms with Gasteiger partial charge >= 0.3 is 5.97 Å². The van der Waals surface area contributed by atoms with Gasteiger partial charge in [-0.15, -0.1) is 6.58 Å². The van der Waals surface area contributed by atoms with Gasteiger partial charge < -0.3 is 9.47 Å². The lowest BCUT2D eigenvalue weighted by molar-refractivity contribution is -0.146. The third-order valence-corrected chi connectivity index (χ3v) is 2.78. The second kappa shape index (κ2) is 5.15. The van der Waals surface area contributed by atoms with Crippen molar-refractivity contribution in [2.45, 2.75) is 25.9 Å².